The molecule has 4 aromatic heterocycles. The normalized spacial score (nSPS) is 18.4. The molecule has 0 aromatic carbocycles. The number of aromatic nitrogens is 4. The molecule has 8 nitrogen and oxygen atoms in total. The number of nitrogens with zero attached hydrogens (tertiary/aromatic N) is 4. The maximum absolute atomic E-state index is 6.06. The van der Waals surface area contributed by atoms with E-state index in [2.05, 4.69) is 24.3 Å². The van der Waals surface area contributed by atoms with E-state index in [9.17, 15) is 0 Å². The third-order valence-corrected chi connectivity index (χ3v) is 42.6. The Hall–Kier alpha value is -1.55. The third kappa shape index (κ3) is 3.88. The van der Waals surface area contributed by atoms with E-state index in [0.717, 1.165) is 20.1 Å². The van der Waals surface area contributed by atoms with Gasteiger partial charge in [0.15, 0.2) is 0 Å². The van der Waals surface area contributed by atoms with Crippen molar-refractivity contribution >= 4 is 39.0 Å². The number of rotatable bonds is 0. The van der Waals surface area contributed by atoms with Crippen molar-refractivity contribution in [2.24, 2.45) is 0 Å². The predicted molar refractivity (Wildman–Crippen MR) is 116 cm³/mol. The summed E-state index contributed by atoms with van der Waals surface area (Å²) in [6.07, 6.45) is 7.75. The zero-order valence-electron chi connectivity index (χ0n) is 17.7. The van der Waals surface area contributed by atoms with Crippen molar-refractivity contribution < 1.29 is 59.7 Å². The standard InChI is InChI=1S/4C5H5NOS.2Zn/c4*7-6-4-2-1-3-5(6)8;;/h4*1-4,8H;;/q;;;;2*+2/p-4. The Morgan fingerprint density at radius 3 is 0.912 bits per heavy atom. The summed E-state index contributed by atoms with van der Waals surface area (Å²) in [6, 6.07) is 24.2. The van der Waals surface area contributed by atoms with Gasteiger partial charge in [0.05, 0.1) is 0 Å². The molecule has 8 rings (SSSR count). The van der Waals surface area contributed by atoms with Gasteiger partial charge in [0.2, 0.25) is 0 Å². The van der Waals surface area contributed by atoms with Gasteiger partial charge < -0.3 is 0 Å². The molecule has 0 atom stereocenters. The first kappa shape index (κ1) is 21.7. The molecule has 34 heavy (non-hydrogen) atoms. The van der Waals surface area contributed by atoms with Crippen LogP contribution < -0.4 is 33.6 Å². The van der Waals surface area contributed by atoms with Crippen molar-refractivity contribution in [1.29, 1.82) is 0 Å². The van der Waals surface area contributed by atoms with Crippen LogP contribution in [0.3, 0.4) is 0 Å². The molecule has 4 aromatic rings. The molecule has 0 N–H and O–H groups in total. The monoisotopic (exact) mass is 632 g/mol. The van der Waals surface area contributed by atoms with Gasteiger partial charge in [-0.3, -0.25) is 0 Å². The topological polar surface area (TPSA) is 52.4 Å². The molecule has 14 heteroatoms. The van der Waals surface area contributed by atoms with Crippen molar-refractivity contribution in [1.82, 2.24) is 0 Å². The van der Waals surface area contributed by atoms with Crippen LogP contribution in [-0.4, -0.2) is 0 Å². The fourth-order valence-corrected chi connectivity index (χ4v) is 45.9. The maximum atomic E-state index is 6.06. The fourth-order valence-electron chi connectivity index (χ4n) is 4.25. The number of hydrogen-bond acceptors (Lipinski definition) is 8. The van der Waals surface area contributed by atoms with Crippen LogP contribution in [0, 0.1) is 0 Å². The first-order valence-electron chi connectivity index (χ1n) is 10.9. The number of hydrogen-bond donors (Lipinski definition) is 0. The molecule has 0 fully saturated rings. The molecule has 0 amide bonds. The Balaban J connectivity index is 0.000000118. The van der Waals surface area contributed by atoms with E-state index in [-0.39, 0.29) is 0 Å². The van der Waals surface area contributed by atoms with Crippen molar-refractivity contribution in [3.8, 4) is 0 Å². The first-order chi connectivity index (χ1) is 16.7. The molecule has 0 radical (unpaired) electrons. The van der Waals surface area contributed by atoms with Crippen LogP contribution in [0.1, 0.15) is 0 Å². The summed E-state index contributed by atoms with van der Waals surface area (Å²) < 4.78 is 31.6. The summed E-state index contributed by atoms with van der Waals surface area (Å²) in [5.41, 5.74) is 0. The van der Waals surface area contributed by atoms with Gasteiger partial charge in [-0.2, -0.15) is 0 Å². The summed E-state index contributed by atoms with van der Waals surface area (Å²) in [4.78, 5) is 0. The number of pyridine rings is 4. The molecule has 4 aliphatic heterocycles. The van der Waals surface area contributed by atoms with E-state index in [1.54, 1.807) is 39.0 Å². The summed E-state index contributed by atoms with van der Waals surface area (Å²) >= 11 is -6.46. The average molecular weight is 635 g/mol. The van der Waals surface area contributed by atoms with Gasteiger partial charge in [0, 0.05) is 0 Å². The molecular weight excluding hydrogens is 619 g/mol. The molecule has 4 aliphatic rings. The van der Waals surface area contributed by atoms with E-state index in [0.29, 0.717) is 0 Å². The molecule has 168 valence electrons. The number of fused-ring (bicyclic) bond motifs is 4. The van der Waals surface area contributed by atoms with Crippen LogP contribution in [0.2, 0.25) is 0 Å². The second-order valence-corrected chi connectivity index (χ2v) is 45.8. The van der Waals surface area contributed by atoms with Crippen LogP contribution in [0.15, 0.2) is 118 Å². The summed E-state index contributed by atoms with van der Waals surface area (Å²) in [6.45, 7) is 0. The van der Waals surface area contributed by atoms with Crippen molar-refractivity contribution in [2.75, 3.05) is 0 Å². The van der Waals surface area contributed by atoms with E-state index < -0.39 is 26.1 Å². The zero-order valence-corrected chi connectivity index (χ0v) is 26.9. The third-order valence-electron chi connectivity index (χ3n) is 5.64. The van der Waals surface area contributed by atoms with Crippen molar-refractivity contribution in [3.63, 3.8) is 0 Å². The molecule has 0 aliphatic carbocycles. The molecular formula is C20H16N4O4S4Zn2. The van der Waals surface area contributed by atoms with Gasteiger partial charge in [0.1, 0.15) is 0 Å². The molecule has 0 unspecified atom stereocenters. The van der Waals surface area contributed by atoms with Crippen LogP contribution in [0.25, 0.3) is 0 Å². The Bertz CT molecular complexity index is 1110. The SMILES string of the molecule is c1cc[n+]2c(c1)[S][Zn-2]1([O]2)[O][n+]2ccccc2[S]1.c1cc[n+]2c(c1)[S][Zn-2]1([O]2)[O][n+]2ccccc2[S]1. The summed E-state index contributed by atoms with van der Waals surface area (Å²) in [7, 11) is 7.13. The van der Waals surface area contributed by atoms with E-state index >= 15 is 0 Å². The van der Waals surface area contributed by atoms with Gasteiger partial charge >= 0.3 is 216 Å². The molecule has 0 saturated heterocycles. The Labute approximate surface area is 214 Å². The van der Waals surface area contributed by atoms with Crippen LogP contribution in [0.5, 0.6) is 0 Å². The van der Waals surface area contributed by atoms with Gasteiger partial charge in [-0.1, -0.05) is 0 Å². The van der Waals surface area contributed by atoms with E-state index in [1.165, 1.54) is 0 Å². The Kier molecular flexibility index (Phi) is 5.45. The van der Waals surface area contributed by atoms with Crippen molar-refractivity contribution in [3.05, 3.63) is 97.6 Å². The fraction of sp³-hybridized carbons (Fsp3) is 0. The predicted octanol–water partition coefficient (Wildman–Crippen LogP) is 1.69. The second-order valence-electron chi connectivity index (χ2n) is 7.97. The first-order valence-corrected chi connectivity index (χ1v) is 34.3. The van der Waals surface area contributed by atoms with Gasteiger partial charge in [0.25, 0.3) is 0 Å². The van der Waals surface area contributed by atoms with E-state index in [1.807, 2.05) is 92.2 Å². The Morgan fingerprint density at radius 2 is 0.676 bits per heavy atom. The van der Waals surface area contributed by atoms with Crippen LogP contribution in [-0.2, 0) is 26.1 Å². The summed E-state index contributed by atoms with van der Waals surface area (Å²) in [5.74, 6) is 0. The molecule has 0 saturated carbocycles. The minimum absolute atomic E-state index is 1.13. The van der Waals surface area contributed by atoms with E-state index in [4.69, 9.17) is 14.7 Å². The van der Waals surface area contributed by atoms with Crippen LogP contribution >= 0.6 is 39.0 Å². The molecule has 8 heterocycles. The zero-order chi connectivity index (χ0) is 22.6. The Morgan fingerprint density at radius 1 is 0.412 bits per heavy atom. The van der Waals surface area contributed by atoms with Crippen molar-refractivity contribution in [2.45, 2.75) is 20.1 Å². The minimum atomic E-state index is -3.23. The second kappa shape index (κ2) is 8.53. The van der Waals surface area contributed by atoms with Gasteiger partial charge in [-0.05, 0) is 0 Å². The molecule has 0 bridgehead atoms. The van der Waals surface area contributed by atoms with Crippen LogP contribution in [0.4, 0.5) is 0 Å². The summed E-state index contributed by atoms with van der Waals surface area (Å²) in [5, 5.41) is 4.53. The quantitative estimate of drug-likeness (QED) is 0.214. The van der Waals surface area contributed by atoms with Gasteiger partial charge in [-0.25, -0.2) is 0 Å². The average Bonchev–Trinajstić information content (AvgIpc) is 3.59. The van der Waals surface area contributed by atoms with Gasteiger partial charge in [-0.15, -0.1) is 0 Å². The molecule has 2 spiro atoms.